The topological polar surface area (TPSA) is 72.3 Å². The van der Waals surface area contributed by atoms with E-state index in [1.807, 2.05) is 44.2 Å². The Hall–Kier alpha value is -2.25. The van der Waals surface area contributed by atoms with Gasteiger partial charge in [0.25, 0.3) is 0 Å². The summed E-state index contributed by atoms with van der Waals surface area (Å²) in [6.07, 6.45) is 3.18. The molecule has 3 rings (SSSR count). The molecule has 1 aliphatic rings. The number of nitrogens with zero attached hydrogens (tertiary/aromatic N) is 4. The molecule has 2 heterocycles. The average Bonchev–Trinajstić information content (AvgIpc) is 3.09. The number of nitrogens with one attached hydrogen (secondary N) is 1. The molecule has 1 amide bonds. The quantitative estimate of drug-likeness (QED) is 0.854. The number of hydrogen-bond acceptors (Lipinski definition) is 5. The molecule has 1 aromatic carbocycles. The molecule has 1 fully saturated rings. The summed E-state index contributed by atoms with van der Waals surface area (Å²) in [5.41, 5.74) is 1.00. The van der Waals surface area contributed by atoms with E-state index in [9.17, 15) is 4.79 Å². The summed E-state index contributed by atoms with van der Waals surface area (Å²) in [7, 11) is 0. The van der Waals surface area contributed by atoms with Gasteiger partial charge < -0.3 is 10.1 Å². The van der Waals surface area contributed by atoms with Crippen LogP contribution in [0.5, 0.6) is 0 Å². The number of aromatic nitrogens is 3. The smallest absolute Gasteiger partial charge is 0.242 e. The molecule has 1 aliphatic heterocycles. The van der Waals surface area contributed by atoms with Gasteiger partial charge in [-0.25, -0.2) is 4.98 Å². The maximum atomic E-state index is 12.9. The van der Waals surface area contributed by atoms with Crippen LogP contribution in [0.3, 0.4) is 0 Å². The van der Waals surface area contributed by atoms with Gasteiger partial charge in [-0.2, -0.15) is 5.10 Å². The zero-order valence-corrected chi connectivity index (χ0v) is 14.7. The second-order valence-electron chi connectivity index (χ2n) is 6.58. The van der Waals surface area contributed by atoms with Gasteiger partial charge in [0.05, 0.1) is 19.3 Å². The van der Waals surface area contributed by atoms with Crippen LogP contribution in [-0.4, -0.2) is 57.4 Å². The Balaban J connectivity index is 1.76. The molecular formula is C18H25N5O2. The van der Waals surface area contributed by atoms with Gasteiger partial charge >= 0.3 is 0 Å². The van der Waals surface area contributed by atoms with Crippen LogP contribution in [0.15, 0.2) is 43.0 Å². The highest BCUT2D eigenvalue weighted by Crippen LogP contribution is 2.24. The molecular weight excluding hydrogens is 318 g/mol. The van der Waals surface area contributed by atoms with Gasteiger partial charge in [-0.1, -0.05) is 30.3 Å². The van der Waals surface area contributed by atoms with Crippen molar-refractivity contribution in [3.63, 3.8) is 0 Å². The number of ether oxygens (including phenoxy) is 1. The summed E-state index contributed by atoms with van der Waals surface area (Å²) < 4.78 is 7.63. The first-order valence-electron chi connectivity index (χ1n) is 8.67. The molecule has 134 valence electrons. The van der Waals surface area contributed by atoms with Crippen molar-refractivity contribution in [2.24, 2.45) is 0 Å². The van der Waals surface area contributed by atoms with E-state index in [-0.39, 0.29) is 24.1 Å². The lowest BCUT2D eigenvalue weighted by Gasteiger charge is -2.38. The Bertz CT molecular complexity index is 659. The molecule has 2 atom stereocenters. The lowest BCUT2D eigenvalue weighted by molar-refractivity contribution is -0.131. The van der Waals surface area contributed by atoms with Crippen LogP contribution in [0.2, 0.25) is 0 Å². The number of carbonyl (C=O) groups excluding carboxylic acids is 1. The second kappa shape index (κ2) is 8.22. The van der Waals surface area contributed by atoms with Crippen molar-refractivity contribution >= 4 is 5.91 Å². The molecule has 0 aliphatic carbocycles. The summed E-state index contributed by atoms with van der Waals surface area (Å²) in [5.74, 6) is 0.0302. The SMILES string of the molecule is CC(C)NC(=O)[C@H](c1ccccc1)N1CCO[C@@H](Cn2cncn2)C1. The van der Waals surface area contributed by atoms with Crippen molar-refractivity contribution in [2.75, 3.05) is 19.7 Å². The van der Waals surface area contributed by atoms with E-state index in [4.69, 9.17) is 4.74 Å². The molecule has 0 unspecified atom stereocenters. The normalized spacial score (nSPS) is 19.7. The van der Waals surface area contributed by atoms with Crippen LogP contribution >= 0.6 is 0 Å². The first kappa shape index (κ1) is 17.6. The summed E-state index contributed by atoms with van der Waals surface area (Å²) >= 11 is 0. The molecule has 25 heavy (non-hydrogen) atoms. The standard InChI is InChI=1S/C18H25N5O2/c1-14(2)21-18(24)17(15-6-4-3-5-7-15)22-8-9-25-16(10-22)11-23-13-19-12-20-23/h3-7,12-14,16-17H,8-11H2,1-2H3,(H,21,24)/t16-,17+/m1/s1. The van der Waals surface area contributed by atoms with Crippen molar-refractivity contribution in [1.82, 2.24) is 25.0 Å². The highest BCUT2D eigenvalue weighted by Gasteiger charge is 2.32. The molecule has 0 saturated carbocycles. The first-order chi connectivity index (χ1) is 12.1. The molecule has 1 saturated heterocycles. The molecule has 0 spiro atoms. The number of benzene rings is 1. The third-order valence-electron chi connectivity index (χ3n) is 4.19. The van der Waals surface area contributed by atoms with Crippen molar-refractivity contribution in [3.05, 3.63) is 48.5 Å². The van der Waals surface area contributed by atoms with Gasteiger partial charge in [0, 0.05) is 19.1 Å². The Kier molecular flexibility index (Phi) is 5.78. The van der Waals surface area contributed by atoms with Crippen molar-refractivity contribution in [3.8, 4) is 0 Å². The van der Waals surface area contributed by atoms with Crippen LogP contribution in [0, 0.1) is 0 Å². The van der Waals surface area contributed by atoms with Crippen LogP contribution in [0.25, 0.3) is 0 Å². The largest absolute Gasteiger partial charge is 0.374 e. The zero-order valence-electron chi connectivity index (χ0n) is 14.7. The minimum Gasteiger partial charge on any atom is -0.374 e. The van der Waals surface area contributed by atoms with Crippen molar-refractivity contribution in [1.29, 1.82) is 0 Å². The number of rotatable bonds is 6. The molecule has 0 bridgehead atoms. The Morgan fingerprint density at radius 2 is 2.16 bits per heavy atom. The maximum absolute atomic E-state index is 12.9. The fraction of sp³-hybridized carbons (Fsp3) is 0.500. The van der Waals surface area contributed by atoms with E-state index in [1.165, 1.54) is 6.33 Å². The highest BCUT2D eigenvalue weighted by molar-refractivity contribution is 5.83. The first-order valence-corrected chi connectivity index (χ1v) is 8.67. The van der Waals surface area contributed by atoms with Gasteiger partial charge in [0.1, 0.15) is 18.7 Å². The number of morpholine rings is 1. The predicted molar refractivity (Wildman–Crippen MR) is 93.8 cm³/mol. The zero-order chi connectivity index (χ0) is 17.6. The van der Waals surface area contributed by atoms with Crippen LogP contribution in [0.1, 0.15) is 25.5 Å². The molecule has 7 heteroatoms. The number of hydrogen-bond donors (Lipinski definition) is 1. The fourth-order valence-corrected chi connectivity index (χ4v) is 3.15. The van der Waals surface area contributed by atoms with Gasteiger partial charge in [0.2, 0.25) is 5.91 Å². The van der Waals surface area contributed by atoms with Crippen molar-refractivity contribution in [2.45, 2.75) is 38.6 Å². The van der Waals surface area contributed by atoms with Gasteiger partial charge in [0.15, 0.2) is 0 Å². The Morgan fingerprint density at radius 3 is 2.84 bits per heavy atom. The molecule has 0 radical (unpaired) electrons. The van der Waals surface area contributed by atoms with Crippen molar-refractivity contribution < 1.29 is 9.53 Å². The lowest BCUT2D eigenvalue weighted by Crippen LogP contribution is -2.50. The maximum Gasteiger partial charge on any atom is 0.242 e. The van der Waals surface area contributed by atoms with E-state index in [2.05, 4.69) is 20.3 Å². The van der Waals surface area contributed by atoms with Crippen LogP contribution in [-0.2, 0) is 16.1 Å². The van der Waals surface area contributed by atoms with Gasteiger partial charge in [-0.15, -0.1) is 0 Å². The van der Waals surface area contributed by atoms with E-state index in [0.29, 0.717) is 19.7 Å². The predicted octanol–water partition coefficient (Wildman–Crippen LogP) is 1.24. The number of amides is 1. The van der Waals surface area contributed by atoms with E-state index in [0.717, 1.165) is 12.1 Å². The fourth-order valence-electron chi connectivity index (χ4n) is 3.15. The summed E-state index contributed by atoms with van der Waals surface area (Å²) in [6.45, 7) is 6.57. The Labute approximate surface area is 148 Å². The third-order valence-corrected chi connectivity index (χ3v) is 4.19. The average molecular weight is 343 g/mol. The lowest BCUT2D eigenvalue weighted by atomic mass is 10.0. The van der Waals surface area contributed by atoms with Gasteiger partial charge in [-0.3, -0.25) is 14.4 Å². The number of carbonyl (C=O) groups is 1. The monoisotopic (exact) mass is 343 g/mol. The summed E-state index contributed by atoms with van der Waals surface area (Å²) in [5, 5.41) is 7.19. The van der Waals surface area contributed by atoms with E-state index >= 15 is 0 Å². The third kappa shape index (κ3) is 4.64. The highest BCUT2D eigenvalue weighted by atomic mass is 16.5. The molecule has 2 aromatic rings. The summed E-state index contributed by atoms with van der Waals surface area (Å²) in [4.78, 5) is 19.0. The summed E-state index contributed by atoms with van der Waals surface area (Å²) in [6, 6.07) is 9.71. The minimum absolute atomic E-state index is 0.0199. The van der Waals surface area contributed by atoms with Gasteiger partial charge in [-0.05, 0) is 19.4 Å². The Morgan fingerprint density at radius 1 is 1.36 bits per heavy atom. The molecule has 1 aromatic heterocycles. The second-order valence-corrected chi connectivity index (χ2v) is 6.58. The van der Waals surface area contributed by atoms with Crippen LogP contribution in [0.4, 0.5) is 0 Å². The minimum atomic E-state index is -0.314. The van der Waals surface area contributed by atoms with E-state index < -0.39 is 0 Å². The molecule has 7 nitrogen and oxygen atoms in total. The molecule has 1 N–H and O–H groups in total. The van der Waals surface area contributed by atoms with Crippen LogP contribution < -0.4 is 5.32 Å². The van der Waals surface area contributed by atoms with E-state index in [1.54, 1.807) is 11.0 Å².